The van der Waals surface area contributed by atoms with Gasteiger partial charge in [0.05, 0.1) is 25.5 Å². The fourth-order valence-electron chi connectivity index (χ4n) is 2.98. The molecule has 1 saturated heterocycles. The van der Waals surface area contributed by atoms with E-state index in [2.05, 4.69) is 15.1 Å². The van der Waals surface area contributed by atoms with Gasteiger partial charge in [0.15, 0.2) is 5.82 Å². The molecule has 1 aliphatic heterocycles. The number of carbonyl (C=O) groups is 1. The summed E-state index contributed by atoms with van der Waals surface area (Å²) >= 11 is 0. The minimum atomic E-state index is 0.0502. The number of aromatic nitrogens is 2. The Morgan fingerprint density at radius 3 is 2.56 bits per heavy atom. The zero-order valence-electron chi connectivity index (χ0n) is 14.8. The molecule has 132 valence electrons. The van der Waals surface area contributed by atoms with Crippen molar-refractivity contribution in [3.63, 3.8) is 0 Å². The van der Waals surface area contributed by atoms with Crippen molar-refractivity contribution >= 4 is 11.7 Å². The van der Waals surface area contributed by atoms with E-state index in [-0.39, 0.29) is 5.91 Å². The van der Waals surface area contributed by atoms with Gasteiger partial charge in [0.1, 0.15) is 0 Å². The molecule has 6 nitrogen and oxygen atoms in total. The molecule has 2 heterocycles. The number of morpholine rings is 1. The van der Waals surface area contributed by atoms with Crippen LogP contribution in [0.5, 0.6) is 0 Å². The first-order valence-electron chi connectivity index (χ1n) is 8.69. The van der Waals surface area contributed by atoms with Gasteiger partial charge in [-0.2, -0.15) is 0 Å². The van der Waals surface area contributed by atoms with E-state index in [4.69, 9.17) is 4.74 Å². The number of nitrogens with zero attached hydrogens (tertiary/aromatic N) is 4. The van der Waals surface area contributed by atoms with Gasteiger partial charge in [0, 0.05) is 25.2 Å². The number of ether oxygens (including phenoxy) is 1. The van der Waals surface area contributed by atoms with E-state index in [0.717, 1.165) is 29.9 Å². The molecule has 0 spiro atoms. The molecule has 1 amide bonds. The van der Waals surface area contributed by atoms with Gasteiger partial charge in [-0.3, -0.25) is 14.6 Å². The Bertz CT molecular complexity index is 715. The number of aryl methyl sites for hydroxylation is 1. The van der Waals surface area contributed by atoms with Crippen molar-refractivity contribution in [3.05, 3.63) is 42.0 Å². The summed E-state index contributed by atoms with van der Waals surface area (Å²) in [7, 11) is 0. The number of likely N-dealkylation sites (N-methyl/N-ethyl adjacent to an activating group) is 1. The topological polar surface area (TPSA) is 58.6 Å². The molecule has 3 rings (SSSR count). The molecule has 25 heavy (non-hydrogen) atoms. The quantitative estimate of drug-likeness (QED) is 0.835. The summed E-state index contributed by atoms with van der Waals surface area (Å²) in [5.74, 6) is 0.690. The first-order chi connectivity index (χ1) is 12.2. The average Bonchev–Trinajstić information content (AvgIpc) is 2.65. The largest absolute Gasteiger partial charge is 0.379 e. The van der Waals surface area contributed by atoms with Crippen LogP contribution in [-0.2, 0) is 9.53 Å². The third-order valence-corrected chi connectivity index (χ3v) is 4.36. The fourth-order valence-corrected chi connectivity index (χ4v) is 2.98. The molecule has 0 radical (unpaired) electrons. The van der Waals surface area contributed by atoms with Gasteiger partial charge in [-0.25, -0.2) is 0 Å². The molecule has 0 N–H and O–H groups in total. The van der Waals surface area contributed by atoms with E-state index >= 15 is 0 Å². The maximum Gasteiger partial charge on any atom is 0.242 e. The first kappa shape index (κ1) is 17.5. The molecular weight excluding hydrogens is 316 g/mol. The maximum absolute atomic E-state index is 12.7. The number of amides is 1. The summed E-state index contributed by atoms with van der Waals surface area (Å²) in [6.07, 6.45) is 0. The maximum atomic E-state index is 12.7. The van der Waals surface area contributed by atoms with Gasteiger partial charge in [0.25, 0.3) is 0 Å². The van der Waals surface area contributed by atoms with Crippen LogP contribution in [-0.4, -0.2) is 60.4 Å². The van der Waals surface area contributed by atoms with E-state index in [0.29, 0.717) is 32.1 Å². The minimum absolute atomic E-state index is 0.0502. The number of hydrogen-bond donors (Lipinski definition) is 0. The highest BCUT2D eigenvalue weighted by Crippen LogP contribution is 2.22. The molecule has 1 aromatic carbocycles. The summed E-state index contributed by atoms with van der Waals surface area (Å²) in [4.78, 5) is 16.6. The van der Waals surface area contributed by atoms with E-state index in [9.17, 15) is 4.79 Å². The van der Waals surface area contributed by atoms with Crippen LogP contribution in [0.2, 0.25) is 0 Å². The van der Waals surface area contributed by atoms with Crippen LogP contribution in [0, 0.1) is 6.92 Å². The lowest BCUT2D eigenvalue weighted by atomic mass is 10.1. The molecule has 6 heteroatoms. The minimum Gasteiger partial charge on any atom is -0.379 e. The highest BCUT2D eigenvalue weighted by Gasteiger charge is 2.22. The number of hydrogen-bond acceptors (Lipinski definition) is 5. The Labute approximate surface area is 148 Å². The van der Waals surface area contributed by atoms with Gasteiger partial charge in [-0.1, -0.05) is 30.3 Å². The summed E-state index contributed by atoms with van der Waals surface area (Å²) in [5, 5.41) is 8.68. The number of carbonyl (C=O) groups excluding carboxylic acids is 1. The smallest absolute Gasteiger partial charge is 0.242 e. The standard InChI is InChI=1S/C19H24N4O2/c1-3-23(18(24)14-22-9-11-25-12-10-22)19-15(2)13-17(20-21-19)16-7-5-4-6-8-16/h4-8,13H,3,9-12,14H2,1-2H3. The molecule has 1 aliphatic rings. The first-order valence-corrected chi connectivity index (χ1v) is 8.69. The SMILES string of the molecule is CCN(C(=O)CN1CCOCC1)c1nnc(-c2ccccc2)cc1C. The summed E-state index contributed by atoms with van der Waals surface area (Å²) in [6.45, 7) is 7.85. The Morgan fingerprint density at radius 2 is 1.92 bits per heavy atom. The third-order valence-electron chi connectivity index (χ3n) is 4.36. The predicted molar refractivity (Wildman–Crippen MR) is 97.5 cm³/mol. The van der Waals surface area contributed by atoms with Crippen molar-refractivity contribution in [3.8, 4) is 11.3 Å². The van der Waals surface area contributed by atoms with Gasteiger partial charge in [-0.15, -0.1) is 10.2 Å². The van der Waals surface area contributed by atoms with Gasteiger partial charge >= 0.3 is 0 Å². The highest BCUT2D eigenvalue weighted by molar-refractivity contribution is 5.94. The van der Waals surface area contributed by atoms with E-state index in [1.807, 2.05) is 50.2 Å². The number of benzene rings is 1. The normalized spacial score (nSPS) is 15.1. The molecule has 0 saturated carbocycles. The molecule has 1 aromatic heterocycles. The molecular formula is C19H24N4O2. The van der Waals surface area contributed by atoms with Crippen molar-refractivity contribution in [1.29, 1.82) is 0 Å². The lowest BCUT2D eigenvalue weighted by molar-refractivity contribution is -0.120. The molecule has 0 aliphatic carbocycles. The van der Waals surface area contributed by atoms with Crippen LogP contribution in [0.25, 0.3) is 11.3 Å². The van der Waals surface area contributed by atoms with Crippen molar-refractivity contribution in [2.24, 2.45) is 0 Å². The average molecular weight is 340 g/mol. The monoisotopic (exact) mass is 340 g/mol. The Morgan fingerprint density at radius 1 is 1.20 bits per heavy atom. The summed E-state index contributed by atoms with van der Waals surface area (Å²) < 4.78 is 5.34. The number of rotatable bonds is 5. The second-order valence-corrected chi connectivity index (χ2v) is 6.13. The predicted octanol–water partition coefficient (Wildman–Crippen LogP) is 2.14. The highest BCUT2D eigenvalue weighted by atomic mass is 16.5. The third kappa shape index (κ3) is 4.21. The molecule has 0 bridgehead atoms. The lowest BCUT2D eigenvalue weighted by Crippen LogP contribution is -2.45. The Balaban J connectivity index is 1.77. The van der Waals surface area contributed by atoms with Crippen molar-refractivity contribution in [2.75, 3.05) is 44.3 Å². The Hall–Kier alpha value is -2.31. The second-order valence-electron chi connectivity index (χ2n) is 6.13. The zero-order chi connectivity index (χ0) is 17.6. The van der Waals surface area contributed by atoms with Gasteiger partial charge in [-0.05, 0) is 25.5 Å². The van der Waals surface area contributed by atoms with Crippen LogP contribution in [0.3, 0.4) is 0 Å². The molecule has 1 fully saturated rings. The second kappa shape index (κ2) is 8.18. The number of anilines is 1. The van der Waals surface area contributed by atoms with Crippen molar-refractivity contribution < 1.29 is 9.53 Å². The van der Waals surface area contributed by atoms with Gasteiger partial charge in [0.2, 0.25) is 5.91 Å². The van der Waals surface area contributed by atoms with Gasteiger partial charge < -0.3 is 4.74 Å². The molecule has 0 unspecified atom stereocenters. The van der Waals surface area contributed by atoms with Crippen molar-refractivity contribution in [1.82, 2.24) is 15.1 Å². The Kier molecular flexibility index (Phi) is 5.73. The van der Waals surface area contributed by atoms with Crippen LogP contribution in [0.4, 0.5) is 5.82 Å². The van der Waals surface area contributed by atoms with Crippen LogP contribution < -0.4 is 4.90 Å². The summed E-state index contributed by atoms with van der Waals surface area (Å²) in [5.41, 5.74) is 2.79. The fraction of sp³-hybridized carbons (Fsp3) is 0.421. The lowest BCUT2D eigenvalue weighted by Gasteiger charge is -2.29. The molecule has 0 atom stereocenters. The van der Waals surface area contributed by atoms with E-state index < -0.39 is 0 Å². The van der Waals surface area contributed by atoms with E-state index in [1.165, 1.54) is 0 Å². The van der Waals surface area contributed by atoms with Crippen LogP contribution in [0.15, 0.2) is 36.4 Å². The van der Waals surface area contributed by atoms with Crippen molar-refractivity contribution in [2.45, 2.75) is 13.8 Å². The van der Waals surface area contributed by atoms with Crippen LogP contribution in [0.1, 0.15) is 12.5 Å². The molecule has 2 aromatic rings. The van der Waals surface area contributed by atoms with E-state index in [1.54, 1.807) is 4.90 Å². The summed E-state index contributed by atoms with van der Waals surface area (Å²) in [6, 6.07) is 11.9. The van der Waals surface area contributed by atoms with Crippen LogP contribution >= 0.6 is 0 Å². The zero-order valence-corrected chi connectivity index (χ0v) is 14.8.